The molecule has 4 rings (SSSR count). The lowest BCUT2D eigenvalue weighted by Gasteiger charge is -2.21. The summed E-state index contributed by atoms with van der Waals surface area (Å²) in [5.41, 5.74) is 5.69. The van der Waals surface area contributed by atoms with Crippen LogP contribution in [0, 0.1) is 0 Å². The average Bonchev–Trinajstić information content (AvgIpc) is 3.20. The molecule has 1 aliphatic carbocycles. The largest absolute Gasteiger partial charge is 0.443 e. The zero-order valence-corrected chi connectivity index (χ0v) is 16.6. The zero-order valence-electron chi connectivity index (χ0n) is 16.6. The first-order chi connectivity index (χ1) is 12.9. The number of carbonyl (C=O) groups excluding carboxylic acids is 1. The highest BCUT2D eigenvalue weighted by Gasteiger charge is 2.26. The van der Waals surface area contributed by atoms with Gasteiger partial charge in [0.05, 0.1) is 11.2 Å². The Labute approximate surface area is 159 Å². The van der Waals surface area contributed by atoms with Crippen LogP contribution in [0.3, 0.4) is 0 Å². The summed E-state index contributed by atoms with van der Waals surface area (Å²) >= 11 is 0. The number of nitrogens with one attached hydrogen (secondary N) is 1. The van der Waals surface area contributed by atoms with Crippen molar-refractivity contribution >= 4 is 17.0 Å². The summed E-state index contributed by atoms with van der Waals surface area (Å²) in [6.45, 7) is 7.81. The van der Waals surface area contributed by atoms with E-state index in [1.165, 1.54) is 23.2 Å². The first-order valence-corrected chi connectivity index (χ1v) is 9.81. The number of ether oxygens (including phenoxy) is 1. The van der Waals surface area contributed by atoms with E-state index in [4.69, 9.17) is 4.74 Å². The standard InChI is InChI=1S/C22H27N3O2/c1-5-14-10-11-18-15(12-14)13-19(25(18)21(26)27-22(2,3)4)20-16-8-6-7-9-17(16)23-24-20/h10-13H,5-9H2,1-4H3,(H,23,24). The number of carbonyl (C=O) groups is 1. The third-order valence-corrected chi connectivity index (χ3v) is 5.15. The van der Waals surface area contributed by atoms with E-state index in [1.54, 1.807) is 4.57 Å². The molecular formula is C22H27N3O2. The van der Waals surface area contributed by atoms with Crippen molar-refractivity contribution in [2.75, 3.05) is 0 Å². The molecular weight excluding hydrogens is 338 g/mol. The molecule has 3 aromatic rings. The van der Waals surface area contributed by atoms with Crippen molar-refractivity contribution in [1.82, 2.24) is 14.8 Å². The fraction of sp³-hybridized carbons (Fsp3) is 0.455. The molecule has 142 valence electrons. The summed E-state index contributed by atoms with van der Waals surface area (Å²) < 4.78 is 7.40. The maximum atomic E-state index is 13.1. The van der Waals surface area contributed by atoms with Crippen molar-refractivity contribution < 1.29 is 9.53 Å². The Kier molecular flexibility index (Phi) is 4.33. The Balaban J connectivity index is 1.92. The molecule has 0 aliphatic heterocycles. The molecule has 0 saturated carbocycles. The lowest BCUT2D eigenvalue weighted by molar-refractivity contribution is 0.0547. The summed E-state index contributed by atoms with van der Waals surface area (Å²) in [5.74, 6) is 0. The van der Waals surface area contributed by atoms with Crippen molar-refractivity contribution in [3.05, 3.63) is 41.1 Å². The van der Waals surface area contributed by atoms with Crippen LogP contribution in [-0.4, -0.2) is 26.5 Å². The molecule has 0 spiro atoms. The molecule has 0 bridgehead atoms. The molecule has 0 fully saturated rings. The van der Waals surface area contributed by atoms with Crippen molar-refractivity contribution in [2.24, 2.45) is 0 Å². The number of fused-ring (bicyclic) bond motifs is 2. The SMILES string of the molecule is CCc1ccc2c(c1)cc(-c1n[nH]c3c1CCCC3)n2C(=O)OC(C)(C)C. The Morgan fingerprint density at radius 3 is 2.74 bits per heavy atom. The number of nitrogens with zero attached hydrogens (tertiary/aromatic N) is 2. The molecule has 0 radical (unpaired) electrons. The Morgan fingerprint density at radius 2 is 2.00 bits per heavy atom. The van der Waals surface area contributed by atoms with Crippen molar-refractivity contribution in [2.45, 2.75) is 65.4 Å². The number of benzene rings is 1. The highest BCUT2D eigenvalue weighted by molar-refractivity contribution is 5.96. The number of aromatic amines is 1. The van der Waals surface area contributed by atoms with Crippen LogP contribution in [0.5, 0.6) is 0 Å². The molecule has 5 heteroatoms. The molecule has 1 aliphatic rings. The average molecular weight is 365 g/mol. The molecule has 0 unspecified atom stereocenters. The van der Waals surface area contributed by atoms with E-state index in [1.807, 2.05) is 26.8 Å². The van der Waals surface area contributed by atoms with E-state index < -0.39 is 5.60 Å². The minimum absolute atomic E-state index is 0.357. The molecule has 27 heavy (non-hydrogen) atoms. The normalized spacial score (nSPS) is 14.4. The molecule has 0 saturated heterocycles. The predicted octanol–water partition coefficient (Wildman–Crippen LogP) is 5.26. The third-order valence-electron chi connectivity index (χ3n) is 5.15. The third kappa shape index (κ3) is 3.27. The van der Waals surface area contributed by atoms with Gasteiger partial charge >= 0.3 is 6.09 Å². The van der Waals surface area contributed by atoms with Gasteiger partial charge in [-0.2, -0.15) is 5.10 Å². The van der Waals surface area contributed by atoms with Gasteiger partial charge in [-0.15, -0.1) is 0 Å². The smallest absolute Gasteiger partial charge is 0.419 e. The molecule has 5 nitrogen and oxygen atoms in total. The summed E-state index contributed by atoms with van der Waals surface area (Å²) in [6, 6.07) is 8.32. The molecule has 0 amide bonds. The lowest BCUT2D eigenvalue weighted by atomic mass is 9.95. The minimum atomic E-state index is -0.556. The van der Waals surface area contributed by atoms with Crippen molar-refractivity contribution in [3.8, 4) is 11.4 Å². The van der Waals surface area contributed by atoms with Crippen LogP contribution in [0.4, 0.5) is 4.79 Å². The topological polar surface area (TPSA) is 59.9 Å². The summed E-state index contributed by atoms with van der Waals surface area (Å²) in [4.78, 5) is 13.1. The first-order valence-electron chi connectivity index (χ1n) is 9.81. The van der Waals surface area contributed by atoms with Gasteiger partial charge in [-0.05, 0) is 76.6 Å². The van der Waals surface area contributed by atoms with Gasteiger partial charge in [-0.1, -0.05) is 13.0 Å². The number of aryl methyl sites for hydroxylation is 2. The van der Waals surface area contributed by atoms with E-state index in [9.17, 15) is 4.79 Å². The van der Waals surface area contributed by atoms with Crippen LogP contribution in [0.2, 0.25) is 0 Å². The van der Waals surface area contributed by atoms with Crippen LogP contribution in [-0.2, 0) is 24.0 Å². The van der Waals surface area contributed by atoms with E-state index in [2.05, 4.69) is 35.3 Å². The Bertz CT molecular complexity index is 1000. The minimum Gasteiger partial charge on any atom is -0.443 e. The molecule has 1 N–H and O–H groups in total. The number of hydrogen-bond donors (Lipinski definition) is 1. The highest BCUT2D eigenvalue weighted by atomic mass is 16.6. The first kappa shape index (κ1) is 17.8. The van der Waals surface area contributed by atoms with Gasteiger partial charge in [0.1, 0.15) is 11.3 Å². The van der Waals surface area contributed by atoms with E-state index >= 15 is 0 Å². The second kappa shape index (κ2) is 6.55. The van der Waals surface area contributed by atoms with E-state index in [-0.39, 0.29) is 6.09 Å². The summed E-state index contributed by atoms with van der Waals surface area (Å²) in [5, 5.41) is 8.83. The van der Waals surface area contributed by atoms with Gasteiger partial charge < -0.3 is 4.74 Å². The van der Waals surface area contributed by atoms with E-state index in [0.717, 1.165) is 48.0 Å². The Morgan fingerprint density at radius 1 is 1.22 bits per heavy atom. The zero-order chi connectivity index (χ0) is 19.2. The highest BCUT2D eigenvalue weighted by Crippen LogP contribution is 2.34. The maximum absolute atomic E-state index is 13.1. The van der Waals surface area contributed by atoms with E-state index in [0.29, 0.717) is 0 Å². The number of aromatic nitrogens is 3. The maximum Gasteiger partial charge on any atom is 0.419 e. The predicted molar refractivity (Wildman–Crippen MR) is 107 cm³/mol. The fourth-order valence-electron chi connectivity index (χ4n) is 3.86. The second-order valence-electron chi connectivity index (χ2n) is 8.33. The summed E-state index contributed by atoms with van der Waals surface area (Å²) in [7, 11) is 0. The monoisotopic (exact) mass is 365 g/mol. The van der Waals surface area contributed by atoms with Gasteiger partial charge in [0.2, 0.25) is 0 Å². The van der Waals surface area contributed by atoms with Gasteiger partial charge in [-0.3, -0.25) is 5.10 Å². The van der Waals surface area contributed by atoms with Gasteiger partial charge in [0.25, 0.3) is 0 Å². The fourth-order valence-corrected chi connectivity index (χ4v) is 3.86. The van der Waals surface area contributed by atoms with Crippen LogP contribution in [0.1, 0.15) is 57.4 Å². The molecule has 2 heterocycles. The van der Waals surface area contributed by atoms with Crippen LogP contribution in [0.25, 0.3) is 22.3 Å². The van der Waals surface area contributed by atoms with Gasteiger partial charge in [0.15, 0.2) is 0 Å². The lowest BCUT2D eigenvalue weighted by Crippen LogP contribution is -2.27. The van der Waals surface area contributed by atoms with Crippen LogP contribution >= 0.6 is 0 Å². The molecule has 2 aromatic heterocycles. The quantitative estimate of drug-likeness (QED) is 0.674. The summed E-state index contributed by atoms with van der Waals surface area (Å²) in [6.07, 6.45) is 4.96. The second-order valence-corrected chi connectivity index (χ2v) is 8.33. The number of H-pyrrole nitrogens is 1. The van der Waals surface area contributed by atoms with Crippen LogP contribution < -0.4 is 0 Å². The number of hydrogen-bond acceptors (Lipinski definition) is 3. The van der Waals surface area contributed by atoms with Crippen molar-refractivity contribution in [1.29, 1.82) is 0 Å². The number of rotatable bonds is 2. The van der Waals surface area contributed by atoms with Crippen LogP contribution in [0.15, 0.2) is 24.3 Å². The molecule has 0 atom stereocenters. The van der Waals surface area contributed by atoms with Crippen molar-refractivity contribution in [3.63, 3.8) is 0 Å². The Hall–Kier alpha value is -2.56. The van der Waals surface area contributed by atoms with Gasteiger partial charge in [0, 0.05) is 16.6 Å². The van der Waals surface area contributed by atoms with Gasteiger partial charge in [-0.25, -0.2) is 9.36 Å². The molecule has 1 aromatic carbocycles.